The molecule has 2 aliphatic heterocycles. The van der Waals surface area contributed by atoms with Gasteiger partial charge in [-0.3, -0.25) is 4.79 Å². The minimum Gasteiger partial charge on any atom is -0.493 e. The van der Waals surface area contributed by atoms with E-state index < -0.39 is 0 Å². The Hall–Kier alpha value is -2.61. The highest BCUT2D eigenvalue weighted by Crippen LogP contribution is 2.45. The van der Waals surface area contributed by atoms with Crippen molar-refractivity contribution in [3.8, 4) is 11.5 Å². The molecule has 8 heteroatoms. The van der Waals surface area contributed by atoms with Crippen LogP contribution in [0.25, 0.3) is 0 Å². The number of rotatable bonds is 3. The van der Waals surface area contributed by atoms with Gasteiger partial charge in [-0.2, -0.15) is 15.4 Å². The van der Waals surface area contributed by atoms with Crippen LogP contribution in [0.3, 0.4) is 0 Å². The van der Waals surface area contributed by atoms with Gasteiger partial charge in [0.1, 0.15) is 0 Å². The fourth-order valence-corrected chi connectivity index (χ4v) is 4.11. The molecule has 1 aromatic carbocycles. The van der Waals surface area contributed by atoms with Crippen molar-refractivity contribution in [2.45, 2.75) is 31.8 Å². The average Bonchev–Trinajstić information content (AvgIpc) is 3.13. The van der Waals surface area contributed by atoms with Crippen molar-refractivity contribution in [2.75, 3.05) is 33.9 Å². The average molecular weight is 372 g/mol. The van der Waals surface area contributed by atoms with Crippen LogP contribution in [-0.2, 0) is 16.8 Å². The van der Waals surface area contributed by atoms with Gasteiger partial charge >= 0.3 is 0 Å². The van der Waals surface area contributed by atoms with Crippen LogP contribution in [0.2, 0.25) is 0 Å². The number of likely N-dealkylation sites (tertiary alicyclic amines) is 1. The lowest BCUT2D eigenvalue weighted by Gasteiger charge is -2.45. The first kappa shape index (κ1) is 17.8. The van der Waals surface area contributed by atoms with Crippen LogP contribution in [0.1, 0.15) is 40.2 Å². The summed E-state index contributed by atoms with van der Waals surface area (Å²) >= 11 is 0. The number of H-pyrrole nitrogens is 1. The van der Waals surface area contributed by atoms with Gasteiger partial charge in [0.2, 0.25) is 0 Å². The number of amides is 1. The molecule has 0 aliphatic carbocycles. The third-order valence-corrected chi connectivity index (χ3v) is 5.63. The van der Waals surface area contributed by atoms with Crippen LogP contribution in [-0.4, -0.2) is 60.1 Å². The lowest BCUT2D eigenvalue weighted by Crippen LogP contribution is -2.48. The number of aromatic nitrogens is 3. The normalized spacial score (nSPS) is 18.3. The van der Waals surface area contributed by atoms with E-state index in [1.807, 2.05) is 11.0 Å². The summed E-state index contributed by atoms with van der Waals surface area (Å²) in [5.74, 6) is 1.36. The largest absolute Gasteiger partial charge is 0.493 e. The maximum atomic E-state index is 12.7. The third-order valence-electron chi connectivity index (χ3n) is 5.63. The Balaban J connectivity index is 1.59. The van der Waals surface area contributed by atoms with Crippen LogP contribution in [0.5, 0.6) is 11.5 Å². The van der Waals surface area contributed by atoms with Crippen LogP contribution in [0.4, 0.5) is 0 Å². The highest BCUT2D eigenvalue weighted by atomic mass is 16.5. The SMILES string of the molecule is COc1cc2c(cc1OC)C1(CCN(C(=O)c3n[nH]nc3C)CC1)OCC2. The van der Waals surface area contributed by atoms with Gasteiger partial charge in [-0.25, -0.2) is 0 Å². The van der Waals surface area contributed by atoms with Crippen LogP contribution in [0, 0.1) is 6.92 Å². The molecule has 8 nitrogen and oxygen atoms in total. The quantitative estimate of drug-likeness (QED) is 0.884. The Bertz CT molecular complexity index is 855. The van der Waals surface area contributed by atoms with Gasteiger partial charge in [0.25, 0.3) is 5.91 Å². The van der Waals surface area contributed by atoms with Gasteiger partial charge in [-0.05, 0) is 49.4 Å². The predicted molar refractivity (Wildman–Crippen MR) is 97.1 cm³/mol. The maximum absolute atomic E-state index is 12.7. The molecular formula is C19H24N4O4. The van der Waals surface area contributed by atoms with E-state index in [1.165, 1.54) is 5.56 Å². The standard InChI is InChI=1S/C19H24N4O4/c1-12-17(21-22-20-12)18(24)23-7-5-19(6-8-23)14-11-16(26-3)15(25-2)10-13(14)4-9-27-19/h10-11H,4-9H2,1-3H3,(H,20,21,22). The molecule has 1 fully saturated rings. The number of piperidine rings is 1. The Labute approximate surface area is 157 Å². The molecule has 2 aliphatic rings. The Morgan fingerprint density at radius 2 is 1.89 bits per heavy atom. The number of carbonyl (C=O) groups excluding carboxylic acids is 1. The van der Waals surface area contributed by atoms with Crippen molar-refractivity contribution < 1.29 is 19.0 Å². The number of aromatic amines is 1. The second-order valence-corrected chi connectivity index (χ2v) is 7.01. The smallest absolute Gasteiger partial charge is 0.276 e. The lowest BCUT2D eigenvalue weighted by molar-refractivity contribution is -0.0937. The summed E-state index contributed by atoms with van der Waals surface area (Å²) in [5, 5.41) is 10.4. The molecule has 1 aromatic heterocycles. The minimum absolute atomic E-state index is 0.0838. The van der Waals surface area contributed by atoms with Gasteiger partial charge in [0, 0.05) is 13.1 Å². The van der Waals surface area contributed by atoms with Crippen molar-refractivity contribution in [3.05, 3.63) is 34.6 Å². The number of aryl methyl sites for hydroxylation is 1. The number of benzene rings is 1. The number of nitrogens with zero attached hydrogens (tertiary/aromatic N) is 3. The highest BCUT2D eigenvalue weighted by molar-refractivity contribution is 5.93. The molecule has 0 saturated carbocycles. The summed E-state index contributed by atoms with van der Waals surface area (Å²) < 4.78 is 17.2. The molecule has 1 N–H and O–H groups in total. The van der Waals surface area contributed by atoms with E-state index in [-0.39, 0.29) is 11.5 Å². The topological polar surface area (TPSA) is 89.6 Å². The summed E-state index contributed by atoms with van der Waals surface area (Å²) in [7, 11) is 3.29. The zero-order valence-electron chi connectivity index (χ0n) is 15.9. The minimum atomic E-state index is -0.386. The molecule has 0 radical (unpaired) electrons. The number of fused-ring (bicyclic) bond motifs is 2. The number of carbonyl (C=O) groups is 1. The highest BCUT2D eigenvalue weighted by Gasteiger charge is 2.42. The van der Waals surface area contributed by atoms with Crippen LogP contribution in [0.15, 0.2) is 12.1 Å². The first-order valence-electron chi connectivity index (χ1n) is 9.14. The van der Waals surface area contributed by atoms with Crippen molar-refractivity contribution in [1.82, 2.24) is 20.3 Å². The molecule has 2 aromatic rings. The number of hydrogen-bond donors (Lipinski definition) is 1. The van der Waals surface area contributed by atoms with Crippen molar-refractivity contribution in [3.63, 3.8) is 0 Å². The lowest BCUT2D eigenvalue weighted by atomic mass is 9.79. The van der Waals surface area contributed by atoms with Crippen LogP contribution < -0.4 is 9.47 Å². The van der Waals surface area contributed by atoms with Gasteiger partial charge < -0.3 is 19.1 Å². The molecule has 4 rings (SSSR count). The summed E-state index contributed by atoms with van der Waals surface area (Å²) in [5.41, 5.74) is 3.00. The van der Waals surface area contributed by atoms with Gasteiger partial charge in [-0.15, -0.1) is 0 Å². The van der Waals surface area contributed by atoms with Crippen molar-refractivity contribution in [2.24, 2.45) is 0 Å². The van der Waals surface area contributed by atoms with Gasteiger partial charge in [0.05, 0.1) is 32.1 Å². The summed E-state index contributed by atoms with van der Waals surface area (Å²) in [6, 6.07) is 4.08. The molecular weight excluding hydrogens is 348 g/mol. The molecule has 3 heterocycles. The van der Waals surface area contributed by atoms with Crippen molar-refractivity contribution >= 4 is 5.91 Å². The third kappa shape index (κ3) is 2.93. The molecule has 1 saturated heterocycles. The molecule has 144 valence electrons. The first-order valence-corrected chi connectivity index (χ1v) is 9.14. The predicted octanol–water partition coefficient (Wildman–Crippen LogP) is 1.83. The first-order chi connectivity index (χ1) is 13.1. The fourth-order valence-electron chi connectivity index (χ4n) is 4.11. The van der Waals surface area contributed by atoms with E-state index in [1.54, 1.807) is 21.1 Å². The second-order valence-electron chi connectivity index (χ2n) is 7.01. The van der Waals surface area contributed by atoms with E-state index in [0.717, 1.165) is 30.6 Å². The Morgan fingerprint density at radius 1 is 1.19 bits per heavy atom. The Morgan fingerprint density at radius 3 is 2.52 bits per heavy atom. The van der Waals surface area contributed by atoms with Gasteiger partial charge in [0.15, 0.2) is 17.2 Å². The number of nitrogens with one attached hydrogen (secondary N) is 1. The van der Waals surface area contributed by atoms with Gasteiger partial charge in [-0.1, -0.05) is 0 Å². The summed E-state index contributed by atoms with van der Waals surface area (Å²) in [6.07, 6.45) is 2.31. The van der Waals surface area contributed by atoms with E-state index >= 15 is 0 Å². The number of methoxy groups -OCH3 is 2. The van der Waals surface area contributed by atoms with E-state index in [0.29, 0.717) is 36.8 Å². The monoisotopic (exact) mass is 372 g/mol. The molecule has 0 atom stereocenters. The number of hydrogen-bond acceptors (Lipinski definition) is 6. The molecule has 0 bridgehead atoms. The molecule has 1 spiro atoms. The Kier molecular flexibility index (Phi) is 4.51. The summed E-state index contributed by atoms with van der Waals surface area (Å²) in [6.45, 7) is 3.67. The molecule has 27 heavy (non-hydrogen) atoms. The van der Waals surface area contributed by atoms with E-state index in [9.17, 15) is 4.79 Å². The molecule has 0 unspecified atom stereocenters. The van der Waals surface area contributed by atoms with Crippen LogP contribution >= 0.6 is 0 Å². The van der Waals surface area contributed by atoms with E-state index in [2.05, 4.69) is 21.5 Å². The zero-order chi connectivity index (χ0) is 19.0. The zero-order valence-corrected chi connectivity index (χ0v) is 15.9. The van der Waals surface area contributed by atoms with Crippen molar-refractivity contribution in [1.29, 1.82) is 0 Å². The summed E-state index contributed by atoms with van der Waals surface area (Å²) in [4.78, 5) is 14.5. The molecule has 1 amide bonds. The second kappa shape index (κ2) is 6.84. The van der Waals surface area contributed by atoms with E-state index in [4.69, 9.17) is 14.2 Å². The fraction of sp³-hybridized carbons (Fsp3) is 0.526. The maximum Gasteiger partial charge on any atom is 0.276 e. The number of ether oxygens (including phenoxy) is 3.